The van der Waals surface area contributed by atoms with Crippen molar-refractivity contribution < 1.29 is 67.2 Å². The Bertz CT molecular complexity index is 2520. The molecule has 0 bridgehead atoms. The van der Waals surface area contributed by atoms with E-state index in [1.807, 2.05) is 88.4 Å². The zero-order valence-electron chi connectivity index (χ0n) is 44.2. The zero-order valence-corrected chi connectivity index (χ0v) is 44.2. The predicted molar refractivity (Wildman–Crippen MR) is 284 cm³/mol. The molecule has 0 unspecified atom stereocenters. The summed E-state index contributed by atoms with van der Waals surface area (Å²) in [6.07, 6.45) is -5.26. The first-order chi connectivity index (χ1) is 36.8. The second kappa shape index (κ2) is 28.3. The summed E-state index contributed by atoms with van der Waals surface area (Å²) in [6.45, 7) is 10.6. The summed E-state index contributed by atoms with van der Waals surface area (Å²) < 4.78 is 22.9. The molecule has 2 aromatic heterocycles. The van der Waals surface area contributed by atoms with Crippen LogP contribution in [0.4, 0.5) is 0 Å². The SMILES string of the molecule is CC(C)C[C@H](CC(=O)[C@@H](NC(=O)c1cccc(-c2ccccc2)n1)[C@@H](C)O)B1OC(=O)[C@@H](CC(=O)NCCCNC(=O)C[C@H]2OB([C@@H](CC(=O)[C@@H](NC(=O)c3cccc(-c4ccccc4)n3)[C@@H](C)O)CC(C)C)OC2=O)O1. The summed E-state index contributed by atoms with van der Waals surface area (Å²) in [5, 5.41) is 31.8. The number of nitrogens with one attached hydrogen (secondary N) is 4. The van der Waals surface area contributed by atoms with E-state index in [2.05, 4.69) is 31.2 Å². The molecule has 4 aromatic rings. The Kier molecular flexibility index (Phi) is 21.7. The van der Waals surface area contributed by atoms with Crippen LogP contribution in [-0.4, -0.2) is 131 Å². The van der Waals surface area contributed by atoms with Crippen LogP contribution in [0.1, 0.15) is 107 Å². The van der Waals surface area contributed by atoms with E-state index in [-0.39, 0.29) is 68.4 Å². The van der Waals surface area contributed by atoms with Crippen LogP contribution in [0.3, 0.4) is 0 Å². The Morgan fingerprint density at radius 2 is 0.922 bits per heavy atom. The van der Waals surface area contributed by atoms with Gasteiger partial charge in [0.2, 0.25) is 11.8 Å². The Labute approximate surface area is 448 Å². The number of aliphatic hydroxyl groups excluding tert-OH is 2. The third-order valence-electron chi connectivity index (χ3n) is 12.9. The summed E-state index contributed by atoms with van der Waals surface area (Å²) in [5.74, 6) is -6.28. The monoisotopic (exact) mass is 1060 g/mol. The highest BCUT2D eigenvalue weighted by molar-refractivity contribution is 6.51. The highest BCUT2D eigenvalue weighted by atomic mass is 16.7. The Balaban J connectivity index is 0.925. The van der Waals surface area contributed by atoms with Gasteiger partial charge in [-0.15, -0.1) is 0 Å². The van der Waals surface area contributed by atoms with Crippen LogP contribution >= 0.6 is 0 Å². The second-order valence-electron chi connectivity index (χ2n) is 20.4. The lowest BCUT2D eigenvalue weighted by Gasteiger charge is -2.24. The molecule has 20 nitrogen and oxygen atoms in total. The van der Waals surface area contributed by atoms with Gasteiger partial charge in [0.25, 0.3) is 11.8 Å². The molecule has 0 saturated carbocycles. The molecule has 4 amide bonds. The first kappa shape index (κ1) is 59.1. The van der Waals surface area contributed by atoms with Crippen molar-refractivity contribution in [3.8, 4) is 22.5 Å². The number of hydrogen-bond donors (Lipinski definition) is 6. The van der Waals surface area contributed by atoms with Crippen LogP contribution in [0, 0.1) is 11.8 Å². The fraction of sp³-hybridized carbons (Fsp3) is 0.455. The average molecular weight is 1060 g/mol. The minimum Gasteiger partial charge on any atom is -0.507 e. The van der Waals surface area contributed by atoms with Crippen LogP contribution in [0.15, 0.2) is 97.1 Å². The molecule has 4 heterocycles. The van der Waals surface area contributed by atoms with Crippen molar-refractivity contribution in [2.24, 2.45) is 11.8 Å². The van der Waals surface area contributed by atoms with Crippen molar-refractivity contribution in [2.75, 3.05) is 13.1 Å². The molecular weight excluding hydrogens is 990 g/mol. The summed E-state index contributed by atoms with van der Waals surface area (Å²) in [5.41, 5.74) is 2.79. The van der Waals surface area contributed by atoms with Crippen LogP contribution < -0.4 is 21.3 Å². The van der Waals surface area contributed by atoms with Crippen molar-refractivity contribution in [1.29, 1.82) is 0 Å². The number of rotatable bonds is 28. The van der Waals surface area contributed by atoms with E-state index in [9.17, 15) is 48.6 Å². The molecule has 0 spiro atoms. The number of carbonyl (C=O) groups excluding carboxylic acids is 8. The Hall–Kier alpha value is -7.13. The topological polar surface area (TPSA) is 288 Å². The number of carbonyl (C=O) groups is 8. The highest BCUT2D eigenvalue weighted by Gasteiger charge is 2.49. The van der Waals surface area contributed by atoms with Crippen molar-refractivity contribution in [2.45, 2.75) is 135 Å². The third kappa shape index (κ3) is 17.4. The number of hydrogen-bond acceptors (Lipinski definition) is 16. The van der Waals surface area contributed by atoms with Gasteiger partial charge >= 0.3 is 26.2 Å². The van der Waals surface area contributed by atoms with Gasteiger partial charge in [0, 0.05) is 48.7 Å². The largest absolute Gasteiger partial charge is 0.531 e. The van der Waals surface area contributed by atoms with Crippen molar-refractivity contribution >= 4 is 61.4 Å². The molecule has 77 heavy (non-hydrogen) atoms. The number of amides is 4. The smallest absolute Gasteiger partial charge is 0.507 e. The van der Waals surface area contributed by atoms with E-state index in [0.717, 1.165) is 11.1 Å². The molecule has 6 N–H and O–H groups in total. The number of Topliss-reactive ketones (excluding diaryl/α,β-unsaturated/α-hetero) is 2. The van der Waals surface area contributed by atoms with E-state index in [1.165, 1.54) is 26.0 Å². The molecule has 2 aromatic carbocycles. The quantitative estimate of drug-likeness (QED) is 0.0338. The lowest BCUT2D eigenvalue weighted by Crippen LogP contribution is -2.48. The van der Waals surface area contributed by atoms with Crippen molar-refractivity contribution in [3.05, 3.63) is 108 Å². The normalized spacial score (nSPS) is 17.6. The summed E-state index contributed by atoms with van der Waals surface area (Å²) in [7, 11) is -2.35. The van der Waals surface area contributed by atoms with Crippen molar-refractivity contribution in [1.82, 2.24) is 31.2 Å². The molecule has 0 aliphatic carbocycles. The lowest BCUT2D eigenvalue weighted by molar-refractivity contribution is -0.139. The van der Waals surface area contributed by atoms with Crippen molar-refractivity contribution in [3.63, 3.8) is 0 Å². The van der Waals surface area contributed by atoms with Gasteiger partial charge in [0.1, 0.15) is 35.7 Å². The molecule has 6 rings (SSSR count). The average Bonchev–Trinajstić information content (AvgIpc) is 3.96. The molecular formula is C55H68B2N6O14. The standard InChI is InChI=1S/C55H68B2N6O14/c1-32(2)26-38(28-44(66)50(34(5)64)62-52(70)42-22-13-20-40(60-42)36-16-9-7-10-17-36)56-74-46(54(72)76-56)30-48(68)58-24-15-25-59-49(69)31-47-55(73)77-57(75-47)39(27-33(3)4)29-45(67)51(35(6)65)63-53(71)43-23-14-21-41(61-43)37-18-11-8-12-19-37/h7-14,16-23,32-35,38-39,46-47,50-51,64-65H,15,24-31H2,1-6H3,(H,58,68)(H,59,69)(H,62,70)(H,63,71)/t34-,35-,38-,39-,46-,47-,50+,51+/m1/s1. The first-order valence-corrected chi connectivity index (χ1v) is 26.1. The van der Waals surface area contributed by atoms with Crippen LogP contribution in [0.25, 0.3) is 22.5 Å². The molecule has 2 saturated heterocycles. The maximum atomic E-state index is 13.7. The fourth-order valence-corrected chi connectivity index (χ4v) is 9.17. The van der Waals surface area contributed by atoms with Crippen LogP contribution in [-0.2, 0) is 47.4 Å². The molecule has 0 radical (unpaired) electrons. The number of nitrogens with zero attached hydrogens (tertiary/aromatic N) is 2. The van der Waals surface area contributed by atoms with Gasteiger partial charge in [0.05, 0.1) is 36.4 Å². The molecule has 2 fully saturated rings. The Morgan fingerprint density at radius 3 is 1.27 bits per heavy atom. The van der Waals surface area contributed by atoms with E-state index < -0.39 is 110 Å². The number of benzene rings is 2. The summed E-state index contributed by atoms with van der Waals surface area (Å²) in [6, 6.07) is 25.7. The Morgan fingerprint density at radius 1 is 0.545 bits per heavy atom. The van der Waals surface area contributed by atoms with E-state index in [4.69, 9.17) is 18.6 Å². The van der Waals surface area contributed by atoms with Crippen LogP contribution in [0.2, 0.25) is 11.6 Å². The van der Waals surface area contributed by atoms with Gasteiger partial charge in [-0.05, 0) is 69.2 Å². The van der Waals surface area contributed by atoms with E-state index in [1.54, 1.807) is 24.3 Å². The first-order valence-electron chi connectivity index (χ1n) is 26.1. The molecule has 2 aliphatic rings. The minimum atomic E-state index is -1.31. The number of ketones is 2. The number of aliphatic hydroxyl groups is 2. The van der Waals surface area contributed by atoms with Gasteiger partial charge in [-0.2, -0.15) is 0 Å². The third-order valence-corrected chi connectivity index (χ3v) is 12.9. The molecule has 8 atom stereocenters. The minimum absolute atomic E-state index is 0.0242. The van der Waals surface area contributed by atoms with Gasteiger partial charge in [-0.25, -0.2) is 9.97 Å². The molecule has 2 aliphatic heterocycles. The van der Waals surface area contributed by atoms with Gasteiger partial charge in [-0.3, -0.25) is 38.4 Å². The predicted octanol–water partition coefficient (Wildman–Crippen LogP) is 4.48. The van der Waals surface area contributed by atoms with E-state index in [0.29, 0.717) is 24.2 Å². The fourth-order valence-electron chi connectivity index (χ4n) is 9.17. The molecule has 22 heteroatoms. The van der Waals surface area contributed by atoms with Gasteiger partial charge in [-0.1, -0.05) is 100 Å². The van der Waals surface area contributed by atoms with Crippen LogP contribution in [0.5, 0.6) is 0 Å². The van der Waals surface area contributed by atoms with Gasteiger partial charge < -0.3 is 50.1 Å². The highest BCUT2D eigenvalue weighted by Crippen LogP contribution is 2.34. The lowest BCUT2D eigenvalue weighted by atomic mass is 9.65. The molecule has 408 valence electrons. The second-order valence-corrected chi connectivity index (χ2v) is 20.4. The zero-order chi connectivity index (χ0) is 55.8. The maximum Gasteiger partial charge on any atom is 0.531 e. The number of aromatic nitrogens is 2. The maximum absolute atomic E-state index is 13.7. The number of pyridine rings is 2. The summed E-state index contributed by atoms with van der Waals surface area (Å²) >= 11 is 0. The van der Waals surface area contributed by atoms with Gasteiger partial charge in [0.15, 0.2) is 11.6 Å². The summed E-state index contributed by atoms with van der Waals surface area (Å²) in [4.78, 5) is 115. The van der Waals surface area contributed by atoms with E-state index >= 15 is 0 Å².